The van der Waals surface area contributed by atoms with E-state index in [1.165, 1.54) is 6.07 Å². The van der Waals surface area contributed by atoms with E-state index in [0.717, 1.165) is 16.5 Å². The van der Waals surface area contributed by atoms with Gasteiger partial charge in [0, 0.05) is 41.9 Å². The second kappa shape index (κ2) is 7.51. The van der Waals surface area contributed by atoms with Crippen LogP contribution in [0.1, 0.15) is 28.9 Å². The van der Waals surface area contributed by atoms with Crippen molar-refractivity contribution in [2.75, 3.05) is 0 Å². The Bertz CT molecular complexity index is 1040. The Kier molecular flexibility index (Phi) is 5.34. The highest BCUT2D eigenvalue weighted by Crippen LogP contribution is 2.30. The summed E-state index contributed by atoms with van der Waals surface area (Å²) < 4.78 is 10.2. The monoisotopic (exact) mass is 394 g/mol. The second-order valence-corrected chi connectivity index (χ2v) is 6.75. The molecule has 0 aliphatic heterocycles. The van der Waals surface area contributed by atoms with Crippen molar-refractivity contribution in [3.05, 3.63) is 61.2 Å². The normalized spacial score (nSPS) is 11.1. The van der Waals surface area contributed by atoms with Gasteiger partial charge in [0.1, 0.15) is 11.3 Å². The van der Waals surface area contributed by atoms with Crippen molar-refractivity contribution in [1.82, 2.24) is 10.5 Å². The lowest BCUT2D eigenvalue weighted by molar-refractivity contribution is -0.121. The Hall–Kier alpha value is -2.31. The summed E-state index contributed by atoms with van der Waals surface area (Å²) in [7, 11) is 0. The first kappa shape index (κ1) is 18.5. The average molecular weight is 395 g/mol. The van der Waals surface area contributed by atoms with Gasteiger partial charge in [-0.05, 0) is 36.6 Å². The number of amides is 1. The highest BCUT2D eigenvalue weighted by atomic mass is 35.5. The molecule has 1 N–H and O–H groups in total. The quantitative estimate of drug-likeness (QED) is 0.662. The maximum atomic E-state index is 12.1. The predicted molar refractivity (Wildman–Crippen MR) is 98.6 cm³/mol. The van der Waals surface area contributed by atoms with E-state index in [0.29, 0.717) is 28.4 Å². The van der Waals surface area contributed by atoms with Crippen molar-refractivity contribution < 1.29 is 13.7 Å². The maximum Gasteiger partial charge on any atom is 0.336 e. The lowest BCUT2D eigenvalue weighted by Gasteiger charge is -2.12. The number of fused-ring (bicyclic) bond motifs is 1. The number of nitrogens with one attached hydrogen (secondary N) is 1. The van der Waals surface area contributed by atoms with Crippen LogP contribution in [0.15, 0.2) is 31.9 Å². The molecule has 0 aliphatic carbocycles. The first-order valence-electron chi connectivity index (χ1n) is 7.95. The van der Waals surface area contributed by atoms with Crippen molar-refractivity contribution in [1.29, 1.82) is 0 Å². The smallest absolute Gasteiger partial charge is 0.336 e. The third-order valence-corrected chi connectivity index (χ3v) is 4.83. The van der Waals surface area contributed by atoms with E-state index in [1.807, 2.05) is 13.8 Å². The summed E-state index contributed by atoms with van der Waals surface area (Å²) in [6.07, 6.45) is 0.594. The summed E-state index contributed by atoms with van der Waals surface area (Å²) in [4.78, 5) is 23.9. The Morgan fingerprint density at radius 1 is 1.23 bits per heavy atom. The Morgan fingerprint density at radius 3 is 2.69 bits per heavy atom. The molecule has 0 saturated heterocycles. The minimum Gasteiger partial charge on any atom is -0.423 e. The van der Waals surface area contributed by atoms with E-state index < -0.39 is 5.63 Å². The minimum absolute atomic E-state index is 0.185. The molecule has 8 heteroatoms. The number of carbonyl (C=O) groups excluding carboxylic acids is 1. The number of benzene rings is 1. The van der Waals surface area contributed by atoms with Crippen molar-refractivity contribution in [2.45, 2.75) is 33.2 Å². The third kappa shape index (κ3) is 3.92. The molecule has 0 fully saturated rings. The molecule has 0 aliphatic rings. The van der Waals surface area contributed by atoms with E-state index in [9.17, 15) is 9.59 Å². The van der Waals surface area contributed by atoms with Crippen molar-refractivity contribution >= 4 is 40.1 Å². The average Bonchev–Trinajstić information content (AvgIpc) is 3.01. The fraction of sp³-hybridized carbons (Fsp3) is 0.278. The number of nitrogens with zero attached hydrogens (tertiary/aromatic N) is 1. The Morgan fingerprint density at radius 2 is 2.00 bits per heavy atom. The summed E-state index contributed by atoms with van der Waals surface area (Å²) >= 11 is 12.0. The van der Waals surface area contributed by atoms with Crippen LogP contribution in [0.25, 0.3) is 11.0 Å². The second-order valence-electron chi connectivity index (χ2n) is 5.99. The van der Waals surface area contributed by atoms with Crippen LogP contribution in [-0.2, 0) is 17.8 Å². The van der Waals surface area contributed by atoms with Gasteiger partial charge < -0.3 is 14.3 Å². The van der Waals surface area contributed by atoms with Gasteiger partial charge >= 0.3 is 5.63 Å². The number of halogens is 2. The number of hydrogen-bond acceptors (Lipinski definition) is 5. The molecule has 3 rings (SSSR count). The summed E-state index contributed by atoms with van der Waals surface area (Å²) in [5.74, 6) is 0.351. The Labute approximate surface area is 159 Å². The van der Waals surface area contributed by atoms with E-state index in [1.54, 1.807) is 12.1 Å². The van der Waals surface area contributed by atoms with Gasteiger partial charge in [-0.3, -0.25) is 4.79 Å². The van der Waals surface area contributed by atoms with Crippen LogP contribution >= 0.6 is 23.2 Å². The zero-order valence-corrected chi connectivity index (χ0v) is 15.7. The molecule has 0 atom stereocenters. The molecular weight excluding hydrogens is 379 g/mol. The molecule has 6 nitrogen and oxygen atoms in total. The summed E-state index contributed by atoms with van der Waals surface area (Å²) in [6, 6.07) is 4.67. The minimum atomic E-state index is -0.473. The number of hydrogen-bond donors (Lipinski definition) is 1. The molecule has 1 amide bonds. The molecule has 136 valence electrons. The van der Waals surface area contributed by atoms with E-state index in [2.05, 4.69) is 10.5 Å². The van der Waals surface area contributed by atoms with Gasteiger partial charge in [-0.15, -0.1) is 0 Å². The number of aryl methyl sites for hydroxylation is 3. The fourth-order valence-corrected chi connectivity index (χ4v) is 3.12. The van der Waals surface area contributed by atoms with Crippen molar-refractivity contribution in [3.63, 3.8) is 0 Å². The van der Waals surface area contributed by atoms with E-state index in [4.69, 9.17) is 32.1 Å². The highest BCUT2D eigenvalue weighted by molar-refractivity contribution is 6.33. The van der Waals surface area contributed by atoms with Gasteiger partial charge in [-0.2, -0.15) is 0 Å². The van der Waals surface area contributed by atoms with Gasteiger partial charge in [0.25, 0.3) is 0 Å². The lowest BCUT2D eigenvalue weighted by atomic mass is 10.0. The summed E-state index contributed by atoms with van der Waals surface area (Å²) in [6.45, 7) is 3.90. The Balaban J connectivity index is 1.77. The zero-order chi connectivity index (χ0) is 18.8. The molecule has 3 aromatic rings. The number of carbonyl (C=O) groups is 1. The predicted octanol–water partition coefficient (Wildman–Crippen LogP) is 3.95. The third-order valence-electron chi connectivity index (χ3n) is 4.07. The lowest BCUT2D eigenvalue weighted by Crippen LogP contribution is -2.23. The molecule has 2 aromatic heterocycles. The molecule has 0 bridgehead atoms. The van der Waals surface area contributed by atoms with Crippen LogP contribution in [0.3, 0.4) is 0 Å². The number of aromatic nitrogens is 1. The largest absolute Gasteiger partial charge is 0.423 e. The molecule has 26 heavy (non-hydrogen) atoms. The van der Waals surface area contributed by atoms with Gasteiger partial charge in [0.15, 0.2) is 5.15 Å². The van der Waals surface area contributed by atoms with E-state index in [-0.39, 0.29) is 24.0 Å². The summed E-state index contributed by atoms with van der Waals surface area (Å²) in [5, 5.41) is 7.96. The molecule has 0 spiro atoms. The molecule has 0 saturated carbocycles. The van der Waals surface area contributed by atoms with Crippen molar-refractivity contribution in [3.8, 4) is 0 Å². The van der Waals surface area contributed by atoms with Crippen LogP contribution in [0.5, 0.6) is 0 Å². The molecular formula is C18H16Cl2N2O4. The van der Waals surface area contributed by atoms with Crippen molar-refractivity contribution in [2.24, 2.45) is 0 Å². The zero-order valence-electron chi connectivity index (χ0n) is 14.2. The number of rotatable bonds is 5. The van der Waals surface area contributed by atoms with Crippen LogP contribution in [0, 0.1) is 13.8 Å². The topological polar surface area (TPSA) is 85.3 Å². The van der Waals surface area contributed by atoms with E-state index >= 15 is 0 Å². The standard InChI is InChI=1S/C18H16Cl2N2O4/c1-9-5-13-17(10(2)18(9)20)11(6-16(24)25-13)8-21-15(23)4-3-12-7-14(19)22-26-12/h5-7H,3-4,8H2,1-2H3,(H,21,23). The van der Waals surface area contributed by atoms with Gasteiger partial charge in [0.05, 0.1) is 0 Å². The van der Waals surface area contributed by atoms with Gasteiger partial charge in [-0.1, -0.05) is 28.4 Å². The first-order valence-corrected chi connectivity index (χ1v) is 8.71. The fourth-order valence-electron chi connectivity index (χ4n) is 2.82. The maximum absolute atomic E-state index is 12.1. The SMILES string of the molecule is Cc1cc2oc(=O)cc(CNC(=O)CCc3cc(Cl)no3)c2c(C)c1Cl. The summed E-state index contributed by atoms with van der Waals surface area (Å²) in [5.41, 5.74) is 2.28. The molecule has 0 unspecified atom stereocenters. The first-order chi connectivity index (χ1) is 12.3. The van der Waals surface area contributed by atoms with Crippen LogP contribution in [0.4, 0.5) is 0 Å². The molecule has 1 aromatic carbocycles. The van der Waals surface area contributed by atoms with Gasteiger partial charge in [0.2, 0.25) is 5.91 Å². The van der Waals surface area contributed by atoms with Crippen LogP contribution < -0.4 is 10.9 Å². The molecule has 2 heterocycles. The van der Waals surface area contributed by atoms with Gasteiger partial charge in [-0.25, -0.2) is 4.79 Å². The van der Waals surface area contributed by atoms with Crippen LogP contribution in [0.2, 0.25) is 10.2 Å². The van der Waals surface area contributed by atoms with Crippen LogP contribution in [-0.4, -0.2) is 11.1 Å². The molecule has 0 radical (unpaired) electrons. The highest BCUT2D eigenvalue weighted by Gasteiger charge is 2.14.